The first-order chi connectivity index (χ1) is 4.29. The zero-order chi connectivity index (χ0) is 6.69. The highest BCUT2D eigenvalue weighted by atomic mass is 32.2. The van der Waals surface area contributed by atoms with E-state index in [2.05, 4.69) is 0 Å². The van der Waals surface area contributed by atoms with E-state index >= 15 is 0 Å². The number of hydrogen-bond acceptors (Lipinski definition) is 1. The van der Waals surface area contributed by atoms with E-state index in [9.17, 15) is 4.21 Å². The van der Waals surface area contributed by atoms with Crippen LogP contribution in [-0.2, 0) is 11.1 Å². The van der Waals surface area contributed by atoms with Gasteiger partial charge in [-0.05, 0) is 12.3 Å². The Labute approximate surface area is 57.9 Å². The molecule has 3 heteroatoms. The number of rotatable bonds is 3. The summed E-state index contributed by atoms with van der Waals surface area (Å²) in [6, 6.07) is 0. The van der Waals surface area contributed by atoms with E-state index in [1.807, 2.05) is 0 Å². The molecular weight excluding hydrogens is 136 g/mol. The van der Waals surface area contributed by atoms with Crippen LogP contribution in [0, 0.1) is 5.92 Å². The molecule has 0 saturated heterocycles. The highest BCUT2D eigenvalue weighted by molar-refractivity contribution is 7.79. The summed E-state index contributed by atoms with van der Waals surface area (Å²) in [6.45, 7) is 0. The topological polar surface area (TPSA) is 37.3 Å². The third-order valence-corrected chi connectivity index (χ3v) is 2.51. The molecule has 0 aromatic heterocycles. The molecular formula is C6H12O2S. The Bertz CT molecular complexity index is 110. The van der Waals surface area contributed by atoms with Gasteiger partial charge in [0.1, 0.15) is 0 Å². The maximum atomic E-state index is 10.2. The molecule has 1 aliphatic carbocycles. The molecule has 9 heavy (non-hydrogen) atoms. The van der Waals surface area contributed by atoms with Crippen LogP contribution in [0.15, 0.2) is 0 Å². The van der Waals surface area contributed by atoms with Crippen molar-refractivity contribution < 1.29 is 8.76 Å². The zero-order valence-corrected chi connectivity index (χ0v) is 6.19. The van der Waals surface area contributed by atoms with Gasteiger partial charge in [0.25, 0.3) is 0 Å². The smallest absolute Gasteiger partial charge is 0.152 e. The van der Waals surface area contributed by atoms with Crippen LogP contribution in [-0.4, -0.2) is 14.5 Å². The minimum absolute atomic E-state index is 0.477. The first kappa shape index (κ1) is 7.22. The molecule has 0 aliphatic heterocycles. The molecule has 1 saturated carbocycles. The van der Waals surface area contributed by atoms with Crippen LogP contribution in [0.1, 0.15) is 25.7 Å². The summed E-state index contributed by atoms with van der Waals surface area (Å²) in [5.74, 6) is 1.24. The predicted octanol–water partition coefficient (Wildman–Crippen LogP) is 1.40. The molecule has 1 unspecified atom stereocenters. The van der Waals surface area contributed by atoms with Gasteiger partial charge in [0.05, 0.1) is 0 Å². The lowest BCUT2D eigenvalue weighted by molar-refractivity contribution is 0.307. The van der Waals surface area contributed by atoms with E-state index in [0.29, 0.717) is 5.75 Å². The third-order valence-electron chi connectivity index (χ3n) is 1.93. The van der Waals surface area contributed by atoms with Crippen molar-refractivity contribution in [1.29, 1.82) is 0 Å². The second-order valence-corrected chi connectivity index (χ2v) is 3.66. The average molecular weight is 148 g/mol. The molecule has 1 N–H and O–H groups in total. The van der Waals surface area contributed by atoms with Crippen molar-refractivity contribution in [2.75, 3.05) is 5.75 Å². The third kappa shape index (κ3) is 2.45. The normalized spacial score (nSPS) is 23.2. The lowest BCUT2D eigenvalue weighted by atomic mass is 9.84. The highest BCUT2D eigenvalue weighted by Crippen LogP contribution is 2.29. The molecule has 0 bridgehead atoms. The van der Waals surface area contributed by atoms with Crippen LogP contribution in [0.3, 0.4) is 0 Å². The molecule has 0 aromatic rings. The van der Waals surface area contributed by atoms with Gasteiger partial charge in [0, 0.05) is 5.75 Å². The van der Waals surface area contributed by atoms with Crippen molar-refractivity contribution in [3.8, 4) is 0 Å². The Kier molecular flexibility index (Phi) is 2.66. The van der Waals surface area contributed by atoms with Gasteiger partial charge in [-0.2, -0.15) is 0 Å². The molecule has 0 heterocycles. The van der Waals surface area contributed by atoms with Crippen molar-refractivity contribution in [1.82, 2.24) is 0 Å². The molecule has 0 aromatic carbocycles. The van der Waals surface area contributed by atoms with Gasteiger partial charge in [-0.3, -0.25) is 0 Å². The molecule has 0 amide bonds. The molecule has 1 fully saturated rings. The van der Waals surface area contributed by atoms with Crippen molar-refractivity contribution in [3.05, 3.63) is 0 Å². The van der Waals surface area contributed by atoms with E-state index in [0.717, 1.165) is 12.3 Å². The Morgan fingerprint density at radius 3 is 2.56 bits per heavy atom. The summed E-state index contributed by atoms with van der Waals surface area (Å²) in [5.41, 5.74) is 0. The quantitative estimate of drug-likeness (QED) is 0.614. The lowest BCUT2D eigenvalue weighted by Gasteiger charge is -2.24. The van der Waals surface area contributed by atoms with Crippen molar-refractivity contribution in [2.24, 2.45) is 5.92 Å². The monoisotopic (exact) mass is 148 g/mol. The van der Waals surface area contributed by atoms with Crippen LogP contribution in [0.2, 0.25) is 0 Å². The molecule has 1 rings (SSSR count). The van der Waals surface area contributed by atoms with E-state index < -0.39 is 11.1 Å². The Hall–Kier alpha value is 0.110. The average Bonchev–Trinajstić information content (AvgIpc) is 1.60. The maximum Gasteiger partial charge on any atom is 0.152 e. The molecule has 54 valence electrons. The minimum Gasteiger partial charge on any atom is -0.306 e. The zero-order valence-electron chi connectivity index (χ0n) is 5.38. The van der Waals surface area contributed by atoms with Crippen LogP contribution in [0.25, 0.3) is 0 Å². The molecule has 0 radical (unpaired) electrons. The molecule has 0 spiro atoms. The largest absolute Gasteiger partial charge is 0.306 e. The summed E-state index contributed by atoms with van der Waals surface area (Å²) < 4.78 is 18.5. The van der Waals surface area contributed by atoms with Gasteiger partial charge in [-0.1, -0.05) is 19.3 Å². The molecule has 2 nitrogen and oxygen atoms in total. The standard InChI is InChI=1S/C6H12O2S/c7-9(8)5-4-6-2-1-3-6/h6H,1-5H2,(H,7,8). The van der Waals surface area contributed by atoms with E-state index in [1.165, 1.54) is 19.3 Å². The Balaban J connectivity index is 1.97. The predicted molar refractivity (Wildman–Crippen MR) is 37.6 cm³/mol. The van der Waals surface area contributed by atoms with E-state index in [4.69, 9.17) is 4.55 Å². The van der Waals surface area contributed by atoms with Gasteiger partial charge < -0.3 is 4.55 Å². The van der Waals surface area contributed by atoms with Crippen molar-refractivity contribution in [2.45, 2.75) is 25.7 Å². The SMILES string of the molecule is O=S(O)CCC1CCC1. The summed E-state index contributed by atoms with van der Waals surface area (Å²) >= 11 is -1.55. The first-order valence-electron chi connectivity index (χ1n) is 3.36. The summed E-state index contributed by atoms with van der Waals surface area (Å²) in [7, 11) is 0. The fourth-order valence-corrected chi connectivity index (χ4v) is 1.58. The lowest BCUT2D eigenvalue weighted by Crippen LogP contribution is -2.13. The fraction of sp³-hybridized carbons (Fsp3) is 1.00. The maximum absolute atomic E-state index is 10.2. The number of hydrogen-bond donors (Lipinski definition) is 1. The van der Waals surface area contributed by atoms with Crippen LogP contribution >= 0.6 is 0 Å². The van der Waals surface area contributed by atoms with Crippen LogP contribution in [0.4, 0.5) is 0 Å². The second kappa shape index (κ2) is 3.32. The summed E-state index contributed by atoms with van der Waals surface area (Å²) in [6.07, 6.45) is 4.82. The Morgan fingerprint density at radius 1 is 1.56 bits per heavy atom. The van der Waals surface area contributed by atoms with Gasteiger partial charge in [0.2, 0.25) is 0 Å². The van der Waals surface area contributed by atoms with Gasteiger partial charge in [0.15, 0.2) is 11.1 Å². The summed E-state index contributed by atoms with van der Waals surface area (Å²) in [5, 5.41) is 0. The van der Waals surface area contributed by atoms with Gasteiger partial charge in [-0.15, -0.1) is 0 Å². The first-order valence-corrected chi connectivity index (χ1v) is 4.64. The van der Waals surface area contributed by atoms with Crippen molar-refractivity contribution >= 4 is 11.1 Å². The van der Waals surface area contributed by atoms with Crippen molar-refractivity contribution in [3.63, 3.8) is 0 Å². The van der Waals surface area contributed by atoms with Crippen LogP contribution in [0.5, 0.6) is 0 Å². The summed E-state index contributed by atoms with van der Waals surface area (Å²) in [4.78, 5) is 0. The molecule has 1 aliphatic rings. The highest BCUT2D eigenvalue weighted by Gasteiger charge is 2.17. The second-order valence-electron chi connectivity index (χ2n) is 2.61. The molecule has 1 atom stereocenters. The van der Waals surface area contributed by atoms with E-state index in [1.54, 1.807) is 0 Å². The fourth-order valence-electron chi connectivity index (χ4n) is 1.05. The van der Waals surface area contributed by atoms with Gasteiger partial charge >= 0.3 is 0 Å². The van der Waals surface area contributed by atoms with Crippen LogP contribution < -0.4 is 0 Å². The minimum atomic E-state index is -1.55. The van der Waals surface area contributed by atoms with Gasteiger partial charge in [-0.25, -0.2) is 4.21 Å². The van der Waals surface area contributed by atoms with E-state index in [-0.39, 0.29) is 0 Å². The Morgan fingerprint density at radius 2 is 2.22 bits per heavy atom.